The van der Waals surface area contributed by atoms with E-state index >= 15 is 0 Å². The fourth-order valence-electron chi connectivity index (χ4n) is 3.48. The minimum Gasteiger partial charge on any atom is -0.454 e. The summed E-state index contributed by atoms with van der Waals surface area (Å²) >= 11 is 1.15. The molecule has 5 rings (SSSR count). The molecule has 3 amide bonds. The van der Waals surface area contributed by atoms with E-state index in [0.717, 1.165) is 11.8 Å². The van der Waals surface area contributed by atoms with Crippen molar-refractivity contribution >= 4 is 40.9 Å². The van der Waals surface area contributed by atoms with Gasteiger partial charge in [0, 0.05) is 29.8 Å². The Morgan fingerprint density at radius 3 is 2.54 bits per heavy atom. The topological polar surface area (TPSA) is 150 Å². The predicted octanol–water partition coefficient (Wildman–Crippen LogP) is 3.08. The molecular formula is C25H20N6O5S. The second kappa shape index (κ2) is 10.4. The second-order valence-corrected chi connectivity index (χ2v) is 8.74. The first-order valence-corrected chi connectivity index (χ1v) is 12.0. The number of nitrogens with one attached hydrogen (secondary N) is 2. The van der Waals surface area contributed by atoms with Gasteiger partial charge >= 0.3 is 0 Å². The van der Waals surface area contributed by atoms with Gasteiger partial charge in [-0.25, -0.2) is 9.67 Å². The summed E-state index contributed by atoms with van der Waals surface area (Å²) in [4.78, 5) is 41.0. The molecule has 0 saturated heterocycles. The number of fused-ring (bicyclic) bond motifs is 1. The number of thioether (sulfide) groups is 1. The highest BCUT2D eigenvalue weighted by Gasteiger charge is 2.17. The molecule has 3 heterocycles. The summed E-state index contributed by atoms with van der Waals surface area (Å²) in [6, 6.07) is 16.9. The van der Waals surface area contributed by atoms with Crippen LogP contribution in [-0.4, -0.2) is 45.0 Å². The summed E-state index contributed by atoms with van der Waals surface area (Å²) in [6.07, 6.45) is 3.18. The zero-order valence-corrected chi connectivity index (χ0v) is 20.0. The molecule has 0 saturated carbocycles. The van der Waals surface area contributed by atoms with Gasteiger partial charge in [0.15, 0.2) is 11.5 Å². The van der Waals surface area contributed by atoms with Crippen molar-refractivity contribution in [2.24, 2.45) is 5.73 Å². The Balaban J connectivity index is 1.20. The van der Waals surface area contributed by atoms with Crippen LogP contribution in [0.15, 0.2) is 78.1 Å². The van der Waals surface area contributed by atoms with Gasteiger partial charge in [-0.05, 0) is 54.6 Å². The Morgan fingerprint density at radius 1 is 0.973 bits per heavy atom. The van der Waals surface area contributed by atoms with E-state index in [4.69, 9.17) is 15.2 Å². The monoisotopic (exact) mass is 516 g/mol. The Hall–Kier alpha value is -4.84. The average molecular weight is 517 g/mol. The zero-order valence-electron chi connectivity index (χ0n) is 19.2. The van der Waals surface area contributed by atoms with E-state index in [1.54, 1.807) is 67.0 Å². The van der Waals surface area contributed by atoms with Gasteiger partial charge < -0.3 is 25.8 Å². The van der Waals surface area contributed by atoms with E-state index in [-0.39, 0.29) is 30.1 Å². The van der Waals surface area contributed by atoms with Crippen LogP contribution in [0.4, 0.5) is 11.4 Å². The second-order valence-electron chi connectivity index (χ2n) is 7.77. The van der Waals surface area contributed by atoms with Crippen molar-refractivity contribution in [2.45, 2.75) is 5.03 Å². The van der Waals surface area contributed by atoms with Crippen LogP contribution in [0, 0.1) is 0 Å². The number of hydrogen-bond donors (Lipinski definition) is 3. The lowest BCUT2D eigenvalue weighted by Gasteiger charge is -2.10. The molecule has 1 aliphatic rings. The van der Waals surface area contributed by atoms with Gasteiger partial charge in [0.2, 0.25) is 12.7 Å². The first-order chi connectivity index (χ1) is 18.0. The number of nitrogens with two attached hydrogens (primary N) is 1. The highest BCUT2D eigenvalue weighted by molar-refractivity contribution is 8.00. The summed E-state index contributed by atoms with van der Waals surface area (Å²) in [5.41, 5.74) is 7.56. The van der Waals surface area contributed by atoms with Crippen LogP contribution < -0.4 is 25.8 Å². The molecule has 0 aliphatic carbocycles. The van der Waals surface area contributed by atoms with Gasteiger partial charge in [0.05, 0.1) is 17.0 Å². The Morgan fingerprint density at radius 2 is 1.76 bits per heavy atom. The van der Waals surface area contributed by atoms with Crippen LogP contribution in [0.3, 0.4) is 0 Å². The van der Waals surface area contributed by atoms with Gasteiger partial charge in [-0.1, -0.05) is 11.8 Å². The van der Waals surface area contributed by atoms with Crippen LogP contribution in [0.5, 0.6) is 11.5 Å². The summed E-state index contributed by atoms with van der Waals surface area (Å²) in [7, 11) is 0. The van der Waals surface area contributed by atoms with Crippen molar-refractivity contribution in [2.75, 3.05) is 23.2 Å². The minimum atomic E-state index is -0.613. The lowest BCUT2D eigenvalue weighted by molar-refractivity contribution is -0.113. The maximum Gasteiger partial charge on any atom is 0.269 e. The molecule has 0 atom stereocenters. The summed E-state index contributed by atoms with van der Waals surface area (Å²) in [5, 5.41) is 10.2. The third-order valence-corrected chi connectivity index (χ3v) is 6.25. The third-order valence-electron chi connectivity index (χ3n) is 5.24. The van der Waals surface area contributed by atoms with E-state index < -0.39 is 5.91 Å². The molecule has 0 unspecified atom stereocenters. The van der Waals surface area contributed by atoms with Crippen molar-refractivity contribution in [3.8, 4) is 17.2 Å². The van der Waals surface area contributed by atoms with Crippen molar-refractivity contribution in [1.29, 1.82) is 0 Å². The molecule has 2 aromatic carbocycles. The smallest absolute Gasteiger partial charge is 0.269 e. The molecule has 4 aromatic rings. The van der Waals surface area contributed by atoms with E-state index in [1.165, 1.54) is 10.7 Å². The number of benzene rings is 2. The van der Waals surface area contributed by atoms with Crippen LogP contribution in [0.2, 0.25) is 0 Å². The quantitative estimate of drug-likeness (QED) is 0.302. The zero-order chi connectivity index (χ0) is 25.8. The lowest BCUT2D eigenvalue weighted by Crippen LogP contribution is -2.16. The molecule has 0 radical (unpaired) electrons. The molecule has 0 fully saturated rings. The standard InChI is InChI=1S/C25H20N6O5S/c26-23(33)19-9-11-31(30-19)17-6-3-15(4-7-17)29-24(34)18-2-1-10-27-25(18)37-13-22(32)28-16-5-8-20-21(12-16)36-14-35-20/h1-12H,13-14H2,(H2,26,33)(H,28,32)(H,29,34). The van der Waals surface area contributed by atoms with Gasteiger partial charge in [0.1, 0.15) is 10.7 Å². The number of nitrogens with zero attached hydrogens (tertiary/aromatic N) is 3. The fraction of sp³-hybridized carbons (Fsp3) is 0.0800. The van der Waals surface area contributed by atoms with Crippen molar-refractivity contribution in [3.05, 3.63) is 84.3 Å². The number of hydrogen-bond acceptors (Lipinski definition) is 8. The van der Waals surface area contributed by atoms with Gasteiger partial charge in [-0.2, -0.15) is 5.10 Å². The molecule has 0 spiro atoms. The number of carbonyl (C=O) groups excluding carboxylic acids is 3. The predicted molar refractivity (Wildman–Crippen MR) is 136 cm³/mol. The van der Waals surface area contributed by atoms with Gasteiger partial charge in [-0.3, -0.25) is 14.4 Å². The number of carbonyl (C=O) groups is 3. The average Bonchev–Trinajstić information content (AvgIpc) is 3.58. The largest absolute Gasteiger partial charge is 0.454 e. The normalized spacial score (nSPS) is 11.7. The van der Waals surface area contributed by atoms with Crippen LogP contribution in [-0.2, 0) is 4.79 Å². The van der Waals surface area contributed by atoms with Crippen LogP contribution in [0.25, 0.3) is 5.69 Å². The Bertz CT molecular complexity index is 1490. The molecule has 11 nitrogen and oxygen atoms in total. The minimum absolute atomic E-state index is 0.0532. The number of anilines is 2. The van der Waals surface area contributed by atoms with Crippen molar-refractivity contribution in [1.82, 2.24) is 14.8 Å². The number of pyridine rings is 1. The van der Waals surface area contributed by atoms with Gasteiger partial charge in [0.25, 0.3) is 11.8 Å². The molecule has 37 heavy (non-hydrogen) atoms. The maximum atomic E-state index is 13.0. The van der Waals surface area contributed by atoms with Crippen molar-refractivity contribution < 1.29 is 23.9 Å². The Kier molecular flexibility index (Phi) is 6.72. The fourth-order valence-corrected chi connectivity index (χ4v) is 4.27. The number of primary amides is 1. The van der Waals surface area contributed by atoms with Crippen molar-refractivity contribution in [3.63, 3.8) is 0 Å². The molecule has 1 aliphatic heterocycles. The molecule has 186 valence electrons. The molecular weight excluding hydrogens is 496 g/mol. The van der Waals surface area contributed by atoms with E-state index in [1.807, 2.05) is 0 Å². The maximum absolute atomic E-state index is 13.0. The van der Waals surface area contributed by atoms with Crippen LogP contribution in [0.1, 0.15) is 20.8 Å². The first kappa shape index (κ1) is 23.9. The molecule has 0 bridgehead atoms. The van der Waals surface area contributed by atoms with E-state index in [0.29, 0.717) is 39.2 Å². The Labute approximate surface area is 215 Å². The third kappa shape index (κ3) is 5.54. The molecule has 4 N–H and O–H groups in total. The van der Waals surface area contributed by atoms with E-state index in [9.17, 15) is 14.4 Å². The number of rotatable bonds is 8. The number of amides is 3. The SMILES string of the molecule is NC(=O)c1ccn(-c2ccc(NC(=O)c3cccnc3SCC(=O)Nc3ccc4c(c3)OCO4)cc2)n1. The van der Waals surface area contributed by atoms with E-state index in [2.05, 4.69) is 20.7 Å². The van der Waals surface area contributed by atoms with Crippen LogP contribution >= 0.6 is 11.8 Å². The lowest BCUT2D eigenvalue weighted by atomic mass is 10.2. The highest BCUT2D eigenvalue weighted by Crippen LogP contribution is 2.34. The van der Waals surface area contributed by atoms with Gasteiger partial charge in [-0.15, -0.1) is 0 Å². The number of aromatic nitrogens is 3. The first-order valence-electron chi connectivity index (χ1n) is 11.0. The number of ether oxygens (including phenoxy) is 2. The summed E-state index contributed by atoms with van der Waals surface area (Å²) in [5.74, 6) is 0.0202. The molecule has 2 aromatic heterocycles. The molecule has 12 heteroatoms. The summed E-state index contributed by atoms with van der Waals surface area (Å²) < 4.78 is 12.1. The summed E-state index contributed by atoms with van der Waals surface area (Å²) in [6.45, 7) is 0.152. The highest BCUT2D eigenvalue weighted by atomic mass is 32.2.